The lowest BCUT2D eigenvalue weighted by molar-refractivity contribution is 0.917. The summed E-state index contributed by atoms with van der Waals surface area (Å²) in [6.45, 7) is 6.79. The molecule has 0 aromatic rings. The second kappa shape index (κ2) is 1.93. The van der Waals surface area contributed by atoms with Crippen LogP contribution in [0.15, 0.2) is 11.1 Å². The fourth-order valence-corrected chi connectivity index (χ4v) is 1.53. The van der Waals surface area contributed by atoms with Crippen molar-refractivity contribution in [3.63, 3.8) is 0 Å². The first-order valence-electron chi connectivity index (χ1n) is 3.53. The van der Waals surface area contributed by atoms with Gasteiger partial charge in [0.15, 0.2) is 0 Å². The SMILES string of the molecule is CCC1=C(CC)C1C. The van der Waals surface area contributed by atoms with Crippen molar-refractivity contribution in [1.29, 1.82) is 0 Å². The molecule has 1 rings (SSSR count). The minimum absolute atomic E-state index is 0.880. The average molecular weight is 110 g/mol. The highest BCUT2D eigenvalue weighted by molar-refractivity contribution is 5.39. The molecule has 1 aliphatic carbocycles. The number of rotatable bonds is 2. The normalized spacial score (nSPS) is 19.9. The van der Waals surface area contributed by atoms with E-state index < -0.39 is 0 Å². The molecule has 0 spiro atoms. The molecular weight excluding hydrogens is 96.1 g/mol. The van der Waals surface area contributed by atoms with E-state index in [0.29, 0.717) is 0 Å². The summed E-state index contributed by atoms with van der Waals surface area (Å²) in [4.78, 5) is 0. The molecular formula is C8H14. The Bertz CT molecular complexity index is 106. The summed E-state index contributed by atoms with van der Waals surface area (Å²) in [5, 5.41) is 0. The Kier molecular flexibility index (Phi) is 1.41. The zero-order chi connectivity index (χ0) is 6.15. The van der Waals surface area contributed by atoms with Crippen LogP contribution in [-0.2, 0) is 0 Å². The van der Waals surface area contributed by atoms with Gasteiger partial charge in [-0.2, -0.15) is 0 Å². The number of hydrogen-bond donors (Lipinski definition) is 0. The van der Waals surface area contributed by atoms with Gasteiger partial charge in [0.05, 0.1) is 0 Å². The van der Waals surface area contributed by atoms with Crippen molar-refractivity contribution >= 4 is 0 Å². The quantitative estimate of drug-likeness (QED) is 0.479. The van der Waals surface area contributed by atoms with Gasteiger partial charge in [-0.1, -0.05) is 31.9 Å². The molecule has 0 aliphatic heterocycles. The van der Waals surface area contributed by atoms with Crippen molar-refractivity contribution in [3.8, 4) is 0 Å². The highest BCUT2D eigenvalue weighted by Crippen LogP contribution is 2.42. The van der Waals surface area contributed by atoms with Gasteiger partial charge in [-0.25, -0.2) is 0 Å². The zero-order valence-electron chi connectivity index (χ0n) is 5.99. The van der Waals surface area contributed by atoms with Crippen molar-refractivity contribution in [2.75, 3.05) is 0 Å². The van der Waals surface area contributed by atoms with Crippen LogP contribution in [0.1, 0.15) is 33.6 Å². The van der Waals surface area contributed by atoms with Crippen LogP contribution in [-0.4, -0.2) is 0 Å². The minimum atomic E-state index is 0.880. The Morgan fingerprint density at radius 2 is 1.50 bits per heavy atom. The maximum absolute atomic E-state index is 2.30. The van der Waals surface area contributed by atoms with Crippen molar-refractivity contribution in [3.05, 3.63) is 11.1 Å². The number of hydrogen-bond acceptors (Lipinski definition) is 0. The second-order valence-corrected chi connectivity index (χ2v) is 2.48. The molecule has 0 aromatic heterocycles. The summed E-state index contributed by atoms with van der Waals surface area (Å²) in [7, 11) is 0. The van der Waals surface area contributed by atoms with Gasteiger partial charge in [0.1, 0.15) is 0 Å². The van der Waals surface area contributed by atoms with Crippen LogP contribution in [0.2, 0.25) is 0 Å². The van der Waals surface area contributed by atoms with Crippen LogP contribution < -0.4 is 0 Å². The van der Waals surface area contributed by atoms with E-state index in [9.17, 15) is 0 Å². The van der Waals surface area contributed by atoms with Gasteiger partial charge in [-0.05, 0) is 18.8 Å². The summed E-state index contributed by atoms with van der Waals surface area (Å²) in [6.07, 6.45) is 2.56. The van der Waals surface area contributed by atoms with Gasteiger partial charge >= 0.3 is 0 Å². The van der Waals surface area contributed by atoms with E-state index in [1.807, 2.05) is 0 Å². The summed E-state index contributed by atoms with van der Waals surface area (Å²) in [6, 6.07) is 0. The molecule has 46 valence electrons. The molecule has 0 heteroatoms. The first-order chi connectivity index (χ1) is 3.81. The van der Waals surface area contributed by atoms with Crippen LogP contribution in [0.25, 0.3) is 0 Å². The smallest absolute Gasteiger partial charge is 0.00159 e. The fraction of sp³-hybridized carbons (Fsp3) is 0.750. The maximum Gasteiger partial charge on any atom is -0.00159 e. The van der Waals surface area contributed by atoms with Gasteiger partial charge in [0, 0.05) is 0 Å². The average Bonchev–Trinajstić information content (AvgIpc) is 2.40. The van der Waals surface area contributed by atoms with E-state index in [4.69, 9.17) is 0 Å². The van der Waals surface area contributed by atoms with Crippen LogP contribution in [0, 0.1) is 5.92 Å². The van der Waals surface area contributed by atoms with Gasteiger partial charge in [-0.15, -0.1) is 0 Å². The van der Waals surface area contributed by atoms with Gasteiger partial charge in [0.2, 0.25) is 0 Å². The van der Waals surface area contributed by atoms with Crippen molar-refractivity contribution in [2.24, 2.45) is 5.92 Å². The van der Waals surface area contributed by atoms with Crippen molar-refractivity contribution < 1.29 is 0 Å². The lowest BCUT2D eigenvalue weighted by Gasteiger charge is -1.81. The molecule has 0 aromatic carbocycles. The summed E-state index contributed by atoms with van der Waals surface area (Å²) < 4.78 is 0. The summed E-state index contributed by atoms with van der Waals surface area (Å²) >= 11 is 0. The molecule has 0 bridgehead atoms. The van der Waals surface area contributed by atoms with E-state index in [-0.39, 0.29) is 0 Å². The Hall–Kier alpha value is -0.260. The molecule has 1 aliphatic rings. The molecule has 0 nitrogen and oxygen atoms in total. The lowest BCUT2D eigenvalue weighted by Crippen LogP contribution is -1.68. The highest BCUT2D eigenvalue weighted by atomic mass is 14.3. The zero-order valence-corrected chi connectivity index (χ0v) is 5.99. The third kappa shape index (κ3) is 0.683. The van der Waals surface area contributed by atoms with Gasteiger partial charge < -0.3 is 0 Å². The largest absolute Gasteiger partial charge is 0.0638 e. The monoisotopic (exact) mass is 110 g/mol. The molecule has 8 heavy (non-hydrogen) atoms. The molecule has 0 saturated heterocycles. The lowest BCUT2D eigenvalue weighted by atomic mass is 10.2. The minimum Gasteiger partial charge on any atom is -0.0638 e. The molecule has 0 fully saturated rings. The van der Waals surface area contributed by atoms with Gasteiger partial charge in [-0.3, -0.25) is 0 Å². The van der Waals surface area contributed by atoms with Crippen molar-refractivity contribution in [1.82, 2.24) is 0 Å². The van der Waals surface area contributed by atoms with Crippen molar-refractivity contribution in [2.45, 2.75) is 33.6 Å². The summed E-state index contributed by atoms with van der Waals surface area (Å²) in [5.41, 5.74) is 3.43. The third-order valence-electron chi connectivity index (χ3n) is 2.14. The predicted octanol–water partition coefficient (Wildman–Crippen LogP) is 2.75. The topological polar surface area (TPSA) is 0 Å². The number of allylic oxidation sites excluding steroid dienone is 2. The third-order valence-corrected chi connectivity index (χ3v) is 2.14. The van der Waals surface area contributed by atoms with Crippen LogP contribution in [0.4, 0.5) is 0 Å². The molecule has 0 N–H and O–H groups in total. The first kappa shape index (κ1) is 5.87. The first-order valence-corrected chi connectivity index (χ1v) is 3.53. The molecule has 0 saturated carbocycles. The Labute approximate surface area is 51.6 Å². The second-order valence-electron chi connectivity index (χ2n) is 2.48. The highest BCUT2D eigenvalue weighted by Gasteiger charge is 2.27. The van der Waals surface area contributed by atoms with E-state index in [1.165, 1.54) is 12.8 Å². The Morgan fingerprint density at radius 1 is 1.12 bits per heavy atom. The van der Waals surface area contributed by atoms with Crippen LogP contribution in [0.5, 0.6) is 0 Å². The van der Waals surface area contributed by atoms with E-state index in [0.717, 1.165) is 5.92 Å². The van der Waals surface area contributed by atoms with E-state index in [1.54, 1.807) is 11.1 Å². The molecule has 0 amide bonds. The maximum atomic E-state index is 2.30. The van der Waals surface area contributed by atoms with E-state index >= 15 is 0 Å². The summed E-state index contributed by atoms with van der Waals surface area (Å²) in [5.74, 6) is 0.880. The van der Waals surface area contributed by atoms with E-state index in [2.05, 4.69) is 20.8 Å². The fourth-order valence-electron chi connectivity index (χ4n) is 1.53. The van der Waals surface area contributed by atoms with Gasteiger partial charge in [0.25, 0.3) is 0 Å². The van der Waals surface area contributed by atoms with Crippen LogP contribution in [0.3, 0.4) is 0 Å². The van der Waals surface area contributed by atoms with Crippen LogP contribution >= 0.6 is 0 Å². The molecule has 0 radical (unpaired) electrons. The predicted molar refractivity (Wildman–Crippen MR) is 36.8 cm³/mol. The Morgan fingerprint density at radius 3 is 1.62 bits per heavy atom. The molecule has 0 unspecified atom stereocenters. The molecule has 0 atom stereocenters. The standard InChI is InChI=1S/C8H14/c1-4-7-6(3)8(7)5-2/h6H,4-5H2,1-3H3. The Balaban J connectivity index is 2.43. The molecule has 0 heterocycles.